The molecule has 2 N–H and O–H groups in total. The Morgan fingerprint density at radius 3 is 2.69 bits per heavy atom. The molecule has 0 unspecified atom stereocenters. The lowest BCUT2D eigenvalue weighted by atomic mass is 10.2. The van der Waals surface area contributed by atoms with Gasteiger partial charge in [0.15, 0.2) is 11.0 Å². The van der Waals surface area contributed by atoms with Crippen molar-refractivity contribution in [3.8, 4) is 0 Å². The second-order valence-electron chi connectivity index (χ2n) is 3.13. The number of nitrogens with zero attached hydrogens (tertiary/aromatic N) is 2. The molecule has 1 aromatic carbocycles. The van der Waals surface area contributed by atoms with Gasteiger partial charge in [0.1, 0.15) is 6.54 Å². The van der Waals surface area contributed by atoms with Gasteiger partial charge in [-0.15, -0.1) is 10.2 Å². The number of anilines is 1. The van der Waals surface area contributed by atoms with Gasteiger partial charge in [0.25, 0.3) is 0 Å². The lowest BCUT2D eigenvalue weighted by molar-refractivity contribution is -0.134. The van der Waals surface area contributed by atoms with Crippen molar-refractivity contribution < 1.29 is 9.90 Å². The molecule has 2 aromatic rings. The molecule has 0 spiro atoms. The Bertz CT molecular complexity index is 545. The topological polar surface area (TPSA) is 75.1 Å². The molecule has 6 heteroatoms. The second-order valence-corrected chi connectivity index (χ2v) is 3.49. The highest BCUT2D eigenvalue weighted by Crippen LogP contribution is 2.25. The van der Waals surface area contributed by atoms with Crippen molar-refractivity contribution in [2.45, 2.75) is 0 Å². The Kier molecular flexibility index (Phi) is 2.87. The fourth-order valence-corrected chi connectivity index (χ4v) is 1.56. The molecular weight excluding hydrogens is 230 g/mol. The Morgan fingerprint density at radius 2 is 2.00 bits per heavy atom. The van der Waals surface area contributed by atoms with Gasteiger partial charge in [-0.05, 0) is 0 Å². The number of carboxylic acids is 1. The quantitative estimate of drug-likeness (QED) is 0.851. The van der Waals surface area contributed by atoms with Crippen LogP contribution in [0.5, 0.6) is 0 Å². The summed E-state index contributed by atoms with van der Waals surface area (Å²) in [7, 11) is 0. The van der Waals surface area contributed by atoms with Gasteiger partial charge in [0.05, 0.1) is 0 Å². The molecule has 0 aliphatic heterocycles. The minimum absolute atomic E-state index is 0.208. The Labute approximate surface area is 96.1 Å². The fraction of sp³-hybridized carbons (Fsp3) is 0.100. The van der Waals surface area contributed by atoms with Crippen molar-refractivity contribution in [3.05, 3.63) is 29.4 Å². The zero-order valence-electron chi connectivity index (χ0n) is 8.14. The summed E-state index contributed by atoms with van der Waals surface area (Å²) in [4.78, 5) is 10.4. The van der Waals surface area contributed by atoms with Crippen molar-refractivity contribution in [1.82, 2.24) is 10.2 Å². The molecule has 82 valence electrons. The number of benzene rings is 1. The van der Waals surface area contributed by atoms with Gasteiger partial charge in [-0.1, -0.05) is 35.9 Å². The molecule has 0 radical (unpaired) electrons. The fourth-order valence-electron chi connectivity index (χ4n) is 1.36. The van der Waals surface area contributed by atoms with E-state index in [4.69, 9.17) is 16.7 Å². The van der Waals surface area contributed by atoms with Crippen LogP contribution in [0.15, 0.2) is 24.3 Å². The molecular formula is C10H8ClN3O2. The zero-order chi connectivity index (χ0) is 11.5. The van der Waals surface area contributed by atoms with E-state index in [9.17, 15) is 4.79 Å². The zero-order valence-corrected chi connectivity index (χ0v) is 8.90. The number of fused-ring (bicyclic) bond motifs is 1. The van der Waals surface area contributed by atoms with Crippen LogP contribution >= 0.6 is 11.6 Å². The van der Waals surface area contributed by atoms with Gasteiger partial charge in [-0.2, -0.15) is 0 Å². The number of hydrogen-bond acceptors (Lipinski definition) is 4. The molecule has 0 aliphatic carbocycles. The highest BCUT2D eigenvalue weighted by Gasteiger charge is 2.07. The maximum absolute atomic E-state index is 10.4. The van der Waals surface area contributed by atoms with Gasteiger partial charge in [0.2, 0.25) is 0 Å². The summed E-state index contributed by atoms with van der Waals surface area (Å²) in [5, 5.41) is 20.6. The van der Waals surface area contributed by atoms with E-state index >= 15 is 0 Å². The molecule has 0 bridgehead atoms. The molecule has 1 aromatic heterocycles. The molecule has 0 saturated carbocycles. The Hall–Kier alpha value is -1.88. The van der Waals surface area contributed by atoms with E-state index in [1.165, 1.54) is 0 Å². The van der Waals surface area contributed by atoms with Crippen LogP contribution in [-0.4, -0.2) is 27.8 Å². The number of carboxylic acid groups (broad SMARTS) is 1. The number of aliphatic carboxylic acids is 1. The molecule has 0 saturated heterocycles. The van der Waals surface area contributed by atoms with Gasteiger partial charge in [-0.3, -0.25) is 4.79 Å². The number of aromatic nitrogens is 2. The number of hydrogen-bond donors (Lipinski definition) is 2. The van der Waals surface area contributed by atoms with Crippen LogP contribution in [-0.2, 0) is 4.79 Å². The summed E-state index contributed by atoms with van der Waals surface area (Å²) in [6, 6.07) is 7.27. The highest BCUT2D eigenvalue weighted by molar-refractivity contribution is 6.34. The van der Waals surface area contributed by atoms with Gasteiger partial charge in [-0.25, -0.2) is 0 Å². The average molecular weight is 238 g/mol. The van der Waals surface area contributed by atoms with Crippen LogP contribution < -0.4 is 5.32 Å². The maximum atomic E-state index is 10.4. The Balaban J connectivity index is 2.46. The van der Waals surface area contributed by atoms with E-state index in [0.29, 0.717) is 11.0 Å². The summed E-state index contributed by atoms with van der Waals surface area (Å²) in [5.41, 5.74) is 0. The highest BCUT2D eigenvalue weighted by atomic mass is 35.5. The Morgan fingerprint density at radius 1 is 1.31 bits per heavy atom. The normalized spacial score (nSPS) is 10.3. The predicted octanol–water partition coefficient (Wildman–Crippen LogP) is 1.78. The molecule has 0 atom stereocenters. The third-order valence-electron chi connectivity index (χ3n) is 2.05. The van der Waals surface area contributed by atoms with Crippen LogP contribution in [0.3, 0.4) is 0 Å². The minimum Gasteiger partial charge on any atom is -0.480 e. The number of carbonyl (C=O) groups is 1. The van der Waals surface area contributed by atoms with E-state index in [0.717, 1.165) is 10.8 Å². The van der Waals surface area contributed by atoms with E-state index in [2.05, 4.69) is 15.5 Å². The monoisotopic (exact) mass is 237 g/mol. The van der Waals surface area contributed by atoms with Crippen molar-refractivity contribution in [2.75, 3.05) is 11.9 Å². The lowest BCUT2D eigenvalue weighted by Crippen LogP contribution is -2.13. The van der Waals surface area contributed by atoms with Crippen molar-refractivity contribution in [1.29, 1.82) is 0 Å². The van der Waals surface area contributed by atoms with Crippen molar-refractivity contribution in [2.24, 2.45) is 0 Å². The maximum Gasteiger partial charge on any atom is 0.322 e. The average Bonchev–Trinajstić information content (AvgIpc) is 2.28. The first kappa shape index (κ1) is 10.6. The van der Waals surface area contributed by atoms with Gasteiger partial charge < -0.3 is 10.4 Å². The lowest BCUT2D eigenvalue weighted by Gasteiger charge is -2.06. The minimum atomic E-state index is -0.958. The summed E-state index contributed by atoms with van der Waals surface area (Å²) >= 11 is 5.87. The third kappa shape index (κ3) is 2.04. The van der Waals surface area contributed by atoms with Gasteiger partial charge in [0, 0.05) is 10.8 Å². The SMILES string of the molecule is O=C(O)CNc1nnc(Cl)c2ccccc12. The number of halogens is 1. The molecule has 0 fully saturated rings. The molecule has 5 nitrogen and oxygen atoms in total. The first-order chi connectivity index (χ1) is 7.68. The molecule has 0 amide bonds. The summed E-state index contributed by atoms with van der Waals surface area (Å²) in [6.45, 7) is -0.208. The molecule has 1 heterocycles. The second kappa shape index (κ2) is 4.32. The van der Waals surface area contributed by atoms with E-state index in [-0.39, 0.29) is 6.54 Å². The smallest absolute Gasteiger partial charge is 0.322 e. The van der Waals surface area contributed by atoms with Crippen LogP contribution in [0.4, 0.5) is 5.82 Å². The summed E-state index contributed by atoms with van der Waals surface area (Å²) in [5.74, 6) is -0.539. The van der Waals surface area contributed by atoms with Crippen molar-refractivity contribution in [3.63, 3.8) is 0 Å². The van der Waals surface area contributed by atoms with Crippen LogP contribution in [0, 0.1) is 0 Å². The molecule has 16 heavy (non-hydrogen) atoms. The van der Waals surface area contributed by atoms with Gasteiger partial charge >= 0.3 is 5.97 Å². The van der Waals surface area contributed by atoms with Crippen LogP contribution in [0.2, 0.25) is 5.15 Å². The third-order valence-corrected chi connectivity index (χ3v) is 2.33. The standard InChI is InChI=1S/C10H8ClN3O2/c11-9-6-3-1-2-4-7(6)10(14-13-9)12-5-8(15)16/h1-4H,5H2,(H,12,14)(H,15,16). The molecule has 0 aliphatic rings. The van der Waals surface area contributed by atoms with Crippen LogP contribution in [0.1, 0.15) is 0 Å². The first-order valence-electron chi connectivity index (χ1n) is 4.55. The number of rotatable bonds is 3. The largest absolute Gasteiger partial charge is 0.480 e. The van der Waals surface area contributed by atoms with E-state index in [1.54, 1.807) is 12.1 Å². The van der Waals surface area contributed by atoms with E-state index in [1.807, 2.05) is 12.1 Å². The number of nitrogens with one attached hydrogen (secondary N) is 1. The molecule has 2 rings (SSSR count). The predicted molar refractivity (Wildman–Crippen MR) is 60.7 cm³/mol. The first-order valence-corrected chi connectivity index (χ1v) is 4.93. The summed E-state index contributed by atoms with van der Waals surface area (Å²) in [6.07, 6.45) is 0. The van der Waals surface area contributed by atoms with Crippen molar-refractivity contribution >= 4 is 34.2 Å². The van der Waals surface area contributed by atoms with E-state index < -0.39 is 5.97 Å². The van der Waals surface area contributed by atoms with Crippen LogP contribution in [0.25, 0.3) is 10.8 Å². The summed E-state index contributed by atoms with van der Waals surface area (Å²) < 4.78 is 0.